The second kappa shape index (κ2) is 3.32. The third-order valence-corrected chi connectivity index (χ3v) is 5.18. The Balaban J connectivity index is 2.05. The number of hydrogen-bond donors (Lipinski definition) is 0. The zero-order chi connectivity index (χ0) is 11.2. The standard InChI is InChI=1S/C13H12O2S/c14-16(15,12-4-2-1-3-5-12)13-9-10-6-7-11(13)8-10/h1-7,9-11H,8H2. The normalized spacial score (nSPS) is 27.1. The van der Waals surface area contributed by atoms with E-state index in [2.05, 4.69) is 6.08 Å². The summed E-state index contributed by atoms with van der Waals surface area (Å²) >= 11 is 0. The van der Waals surface area contributed by atoms with E-state index in [1.54, 1.807) is 24.3 Å². The van der Waals surface area contributed by atoms with Gasteiger partial charge >= 0.3 is 0 Å². The Hall–Kier alpha value is -1.35. The molecule has 2 atom stereocenters. The number of benzene rings is 1. The van der Waals surface area contributed by atoms with Crippen LogP contribution in [0.2, 0.25) is 0 Å². The first-order chi connectivity index (χ1) is 7.68. The average Bonchev–Trinajstić information content (AvgIpc) is 2.92. The van der Waals surface area contributed by atoms with Crippen LogP contribution in [0.1, 0.15) is 6.42 Å². The molecular weight excluding hydrogens is 220 g/mol. The lowest BCUT2D eigenvalue weighted by molar-refractivity contribution is 0.596. The molecule has 0 heterocycles. The highest BCUT2D eigenvalue weighted by Crippen LogP contribution is 2.42. The van der Waals surface area contributed by atoms with E-state index in [1.807, 2.05) is 18.2 Å². The predicted molar refractivity (Wildman–Crippen MR) is 62.4 cm³/mol. The number of rotatable bonds is 2. The summed E-state index contributed by atoms with van der Waals surface area (Å²) < 4.78 is 24.6. The quantitative estimate of drug-likeness (QED) is 0.734. The van der Waals surface area contributed by atoms with E-state index in [9.17, 15) is 8.42 Å². The van der Waals surface area contributed by atoms with Gasteiger partial charge in [-0.25, -0.2) is 8.42 Å². The number of sulfone groups is 1. The van der Waals surface area contributed by atoms with Gasteiger partial charge in [-0.3, -0.25) is 0 Å². The highest BCUT2D eigenvalue weighted by molar-refractivity contribution is 7.95. The van der Waals surface area contributed by atoms with Crippen LogP contribution in [0.15, 0.2) is 58.4 Å². The minimum absolute atomic E-state index is 0.107. The second-order valence-electron chi connectivity index (χ2n) is 4.28. The molecule has 0 spiro atoms. The van der Waals surface area contributed by atoms with E-state index < -0.39 is 9.84 Å². The topological polar surface area (TPSA) is 34.1 Å². The van der Waals surface area contributed by atoms with E-state index in [4.69, 9.17) is 0 Å². The minimum atomic E-state index is -3.26. The molecule has 0 aliphatic heterocycles. The molecule has 1 aromatic carbocycles. The molecule has 1 aromatic rings. The molecule has 2 bridgehead atoms. The van der Waals surface area contributed by atoms with Gasteiger partial charge < -0.3 is 0 Å². The Labute approximate surface area is 95.2 Å². The lowest BCUT2D eigenvalue weighted by atomic mass is 10.2. The summed E-state index contributed by atoms with van der Waals surface area (Å²) in [5.74, 6) is 0.439. The third kappa shape index (κ3) is 1.35. The fourth-order valence-corrected chi connectivity index (χ4v) is 4.14. The fraction of sp³-hybridized carbons (Fsp3) is 0.231. The van der Waals surface area contributed by atoms with Crippen molar-refractivity contribution >= 4 is 9.84 Å². The van der Waals surface area contributed by atoms with Crippen molar-refractivity contribution in [1.29, 1.82) is 0 Å². The predicted octanol–water partition coefficient (Wildman–Crippen LogP) is 2.55. The van der Waals surface area contributed by atoms with Crippen LogP contribution in [-0.2, 0) is 9.84 Å². The highest BCUT2D eigenvalue weighted by Gasteiger charge is 2.36. The van der Waals surface area contributed by atoms with Gasteiger partial charge in [-0.15, -0.1) is 0 Å². The molecule has 0 radical (unpaired) electrons. The van der Waals surface area contributed by atoms with Gasteiger partial charge in [-0.1, -0.05) is 36.4 Å². The molecule has 0 amide bonds. The summed E-state index contributed by atoms with van der Waals surface area (Å²) in [6.07, 6.45) is 6.93. The van der Waals surface area contributed by atoms with Crippen LogP contribution in [-0.4, -0.2) is 8.42 Å². The van der Waals surface area contributed by atoms with E-state index in [0.29, 0.717) is 15.7 Å². The minimum Gasteiger partial charge on any atom is -0.219 e. The van der Waals surface area contributed by atoms with Crippen LogP contribution in [0.5, 0.6) is 0 Å². The van der Waals surface area contributed by atoms with Crippen LogP contribution in [0.3, 0.4) is 0 Å². The third-order valence-electron chi connectivity index (χ3n) is 3.22. The summed E-state index contributed by atoms with van der Waals surface area (Å²) in [7, 11) is -3.26. The largest absolute Gasteiger partial charge is 0.219 e. The summed E-state index contributed by atoms with van der Waals surface area (Å²) in [6, 6.07) is 8.67. The van der Waals surface area contributed by atoms with E-state index in [1.165, 1.54) is 0 Å². The maximum atomic E-state index is 12.3. The molecule has 0 saturated heterocycles. The average molecular weight is 232 g/mol. The molecule has 16 heavy (non-hydrogen) atoms. The molecule has 2 aliphatic carbocycles. The monoisotopic (exact) mass is 232 g/mol. The van der Waals surface area contributed by atoms with Gasteiger partial charge in [-0.2, -0.15) is 0 Å². The smallest absolute Gasteiger partial charge is 0.203 e. The van der Waals surface area contributed by atoms with Crippen molar-refractivity contribution in [2.75, 3.05) is 0 Å². The Kier molecular flexibility index (Phi) is 2.04. The molecule has 2 nitrogen and oxygen atoms in total. The maximum absolute atomic E-state index is 12.3. The van der Waals surface area contributed by atoms with E-state index in [-0.39, 0.29) is 5.92 Å². The summed E-state index contributed by atoms with van der Waals surface area (Å²) in [5, 5.41) is 0. The first kappa shape index (κ1) is 9.85. The fourth-order valence-electron chi connectivity index (χ4n) is 2.42. The molecule has 3 rings (SSSR count). The van der Waals surface area contributed by atoms with Gasteiger partial charge in [-0.05, 0) is 24.5 Å². The first-order valence-electron chi connectivity index (χ1n) is 5.38. The van der Waals surface area contributed by atoms with Crippen molar-refractivity contribution in [1.82, 2.24) is 0 Å². The SMILES string of the molecule is O=S(=O)(C1=CC2C=CC1C2)c1ccccc1. The maximum Gasteiger partial charge on any atom is 0.203 e. The molecule has 0 aromatic heterocycles. The van der Waals surface area contributed by atoms with Crippen LogP contribution >= 0.6 is 0 Å². The van der Waals surface area contributed by atoms with Gasteiger partial charge in [0.15, 0.2) is 0 Å². The van der Waals surface area contributed by atoms with Crippen molar-refractivity contribution in [3.8, 4) is 0 Å². The summed E-state index contributed by atoms with van der Waals surface area (Å²) in [5.41, 5.74) is 0. The summed E-state index contributed by atoms with van der Waals surface area (Å²) in [6.45, 7) is 0. The molecule has 0 fully saturated rings. The lowest BCUT2D eigenvalue weighted by Crippen LogP contribution is -2.09. The van der Waals surface area contributed by atoms with Crippen LogP contribution in [0, 0.1) is 11.8 Å². The highest BCUT2D eigenvalue weighted by atomic mass is 32.2. The Morgan fingerprint density at radius 3 is 2.38 bits per heavy atom. The molecule has 2 aliphatic rings. The molecule has 0 saturated carbocycles. The Bertz CT molecular complexity index is 567. The Morgan fingerprint density at radius 1 is 1.06 bits per heavy atom. The zero-order valence-corrected chi connectivity index (χ0v) is 9.52. The van der Waals surface area contributed by atoms with Crippen molar-refractivity contribution < 1.29 is 8.42 Å². The summed E-state index contributed by atoms with van der Waals surface area (Å²) in [4.78, 5) is 0.994. The van der Waals surface area contributed by atoms with E-state index >= 15 is 0 Å². The van der Waals surface area contributed by atoms with Crippen molar-refractivity contribution in [2.24, 2.45) is 11.8 Å². The van der Waals surface area contributed by atoms with Crippen molar-refractivity contribution in [3.63, 3.8) is 0 Å². The van der Waals surface area contributed by atoms with Gasteiger partial charge in [0.25, 0.3) is 0 Å². The van der Waals surface area contributed by atoms with Crippen LogP contribution in [0.25, 0.3) is 0 Å². The zero-order valence-electron chi connectivity index (χ0n) is 8.71. The van der Waals surface area contributed by atoms with Crippen LogP contribution in [0.4, 0.5) is 0 Å². The molecule has 0 N–H and O–H groups in total. The number of fused-ring (bicyclic) bond motifs is 2. The molecule has 2 unspecified atom stereocenters. The van der Waals surface area contributed by atoms with Gasteiger partial charge in [0.05, 0.1) is 9.80 Å². The molecule has 3 heteroatoms. The first-order valence-corrected chi connectivity index (χ1v) is 6.86. The van der Waals surface area contributed by atoms with Gasteiger partial charge in [0.1, 0.15) is 0 Å². The number of hydrogen-bond acceptors (Lipinski definition) is 2. The molecular formula is C13H12O2S. The van der Waals surface area contributed by atoms with Crippen molar-refractivity contribution in [2.45, 2.75) is 11.3 Å². The van der Waals surface area contributed by atoms with E-state index in [0.717, 1.165) is 6.42 Å². The van der Waals surface area contributed by atoms with Gasteiger partial charge in [0.2, 0.25) is 9.84 Å². The van der Waals surface area contributed by atoms with Crippen molar-refractivity contribution in [3.05, 3.63) is 53.5 Å². The number of allylic oxidation sites excluding steroid dienone is 4. The lowest BCUT2D eigenvalue weighted by Gasteiger charge is -2.10. The Morgan fingerprint density at radius 2 is 1.81 bits per heavy atom. The molecule has 82 valence electrons. The van der Waals surface area contributed by atoms with Gasteiger partial charge in [0, 0.05) is 5.92 Å². The second-order valence-corrected chi connectivity index (χ2v) is 6.23. The van der Waals surface area contributed by atoms with Crippen LogP contribution < -0.4 is 0 Å².